The van der Waals surface area contributed by atoms with Crippen LogP contribution in [0.4, 0.5) is 11.8 Å². The molecule has 2 aromatic rings. The number of fused-ring (bicyclic) bond motifs is 1. The number of hydrogen-bond acceptors (Lipinski definition) is 6. The smallest absolute Gasteiger partial charge is 0.228 e. The quantitative estimate of drug-likeness (QED) is 0.835. The summed E-state index contributed by atoms with van der Waals surface area (Å²) in [5.41, 5.74) is 1.29. The second-order valence-corrected chi connectivity index (χ2v) is 9.21. The number of piperazine rings is 1. The van der Waals surface area contributed by atoms with Gasteiger partial charge in [0.25, 0.3) is 0 Å². The third kappa shape index (κ3) is 4.54. The van der Waals surface area contributed by atoms with Gasteiger partial charge in [0, 0.05) is 32.7 Å². The lowest BCUT2D eigenvalue weighted by Gasteiger charge is -2.32. The molecule has 0 bridgehead atoms. The van der Waals surface area contributed by atoms with Crippen molar-refractivity contribution in [2.24, 2.45) is 5.92 Å². The van der Waals surface area contributed by atoms with E-state index in [0.717, 1.165) is 55.2 Å². The lowest BCUT2D eigenvalue weighted by atomic mass is 9.91. The van der Waals surface area contributed by atoms with Crippen LogP contribution in [0, 0.1) is 12.8 Å². The van der Waals surface area contributed by atoms with Crippen LogP contribution in [-0.4, -0.2) is 54.6 Å². The van der Waals surface area contributed by atoms with Crippen molar-refractivity contribution in [1.29, 1.82) is 0 Å². The Morgan fingerprint density at radius 1 is 1.04 bits per heavy atom. The molecule has 27 heavy (non-hydrogen) atoms. The van der Waals surface area contributed by atoms with Crippen LogP contribution in [0.3, 0.4) is 0 Å². The van der Waals surface area contributed by atoms with Gasteiger partial charge in [-0.15, -0.1) is 11.3 Å². The monoisotopic (exact) mass is 387 g/mol. The Morgan fingerprint density at radius 2 is 1.74 bits per heavy atom. The SMILES string of the molecule is Cc1csc2nc(N3CCN(C)CC3)nc(NCC3CCCCCCC3)c12. The normalized spacial score (nSPS) is 20.6. The molecule has 2 aliphatic rings. The van der Waals surface area contributed by atoms with Crippen LogP contribution in [0.1, 0.15) is 50.5 Å². The van der Waals surface area contributed by atoms with Gasteiger partial charge >= 0.3 is 0 Å². The van der Waals surface area contributed by atoms with Gasteiger partial charge in [-0.1, -0.05) is 32.1 Å². The van der Waals surface area contributed by atoms with Crippen LogP contribution in [-0.2, 0) is 0 Å². The van der Waals surface area contributed by atoms with E-state index in [1.54, 1.807) is 11.3 Å². The van der Waals surface area contributed by atoms with Crippen molar-refractivity contribution in [2.75, 3.05) is 50.0 Å². The summed E-state index contributed by atoms with van der Waals surface area (Å²) in [6.07, 6.45) is 9.72. The van der Waals surface area contributed by atoms with Gasteiger partial charge in [0.15, 0.2) is 0 Å². The van der Waals surface area contributed by atoms with Crippen molar-refractivity contribution in [3.05, 3.63) is 10.9 Å². The highest BCUT2D eigenvalue weighted by atomic mass is 32.1. The Bertz CT molecular complexity index is 742. The number of nitrogens with one attached hydrogen (secondary N) is 1. The van der Waals surface area contributed by atoms with E-state index in [0.29, 0.717) is 0 Å². The molecule has 0 radical (unpaired) electrons. The van der Waals surface area contributed by atoms with Crippen LogP contribution in [0.2, 0.25) is 0 Å². The summed E-state index contributed by atoms with van der Waals surface area (Å²) in [5, 5.41) is 7.18. The molecule has 0 unspecified atom stereocenters. The number of likely N-dealkylation sites (N-methyl/N-ethyl adjacent to an activating group) is 1. The molecule has 0 aromatic carbocycles. The number of aryl methyl sites for hydroxylation is 1. The zero-order chi connectivity index (χ0) is 18.6. The van der Waals surface area contributed by atoms with Crippen LogP contribution < -0.4 is 10.2 Å². The topological polar surface area (TPSA) is 44.3 Å². The molecule has 1 aliphatic carbocycles. The number of nitrogens with zero attached hydrogens (tertiary/aromatic N) is 4. The molecule has 1 saturated heterocycles. The van der Waals surface area contributed by atoms with Gasteiger partial charge < -0.3 is 15.1 Å². The number of aromatic nitrogens is 2. The Hall–Kier alpha value is -1.40. The van der Waals surface area contributed by atoms with Gasteiger partial charge in [0.05, 0.1) is 5.39 Å². The maximum Gasteiger partial charge on any atom is 0.228 e. The third-order valence-electron chi connectivity index (χ3n) is 6.17. The van der Waals surface area contributed by atoms with Crippen molar-refractivity contribution < 1.29 is 0 Å². The second-order valence-electron chi connectivity index (χ2n) is 8.35. The summed E-state index contributed by atoms with van der Waals surface area (Å²) in [6.45, 7) is 7.40. The molecule has 1 N–H and O–H groups in total. The lowest BCUT2D eigenvalue weighted by Crippen LogP contribution is -2.45. The molecule has 0 amide bonds. The van der Waals surface area contributed by atoms with E-state index >= 15 is 0 Å². The highest BCUT2D eigenvalue weighted by Gasteiger charge is 2.20. The number of anilines is 2. The molecule has 1 aliphatic heterocycles. The summed E-state index contributed by atoms with van der Waals surface area (Å²) in [4.78, 5) is 15.7. The molecular weight excluding hydrogens is 354 g/mol. The first kappa shape index (κ1) is 18.9. The van der Waals surface area contributed by atoms with Gasteiger partial charge in [-0.05, 0) is 43.7 Å². The molecule has 1 saturated carbocycles. The largest absolute Gasteiger partial charge is 0.369 e. The Labute approximate surface area is 167 Å². The van der Waals surface area contributed by atoms with E-state index in [9.17, 15) is 0 Å². The van der Waals surface area contributed by atoms with E-state index in [1.807, 2.05) is 0 Å². The van der Waals surface area contributed by atoms with Gasteiger partial charge in [-0.2, -0.15) is 4.98 Å². The highest BCUT2D eigenvalue weighted by Crippen LogP contribution is 2.32. The van der Waals surface area contributed by atoms with Crippen LogP contribution in [0.25, 0.3) is 10.2 Å². The van der Waals surface area contributed by atoms with E-state index < -0.39 is 0 Å². The number of rotatable bonds is 4. The van der Waals surface area contributed by atoms with Crippen molar-refractivity contribution in [1.82, 2.24) is 14.9 Å². The highest BCUT2D eigenvalue weighted by molar-refractivity contribution is 7.17. The van der Waals surface area contributed by atoms with Crippen molar-refractivity contribution in [3.63, 3.8) is 0 Å². The molecule has 148 valence electrons. The Morgan fingerprint density at radius 3 is 2.48 bits per heavy atom. The molecule has 0 atom stereocenters. The average Bonchev–Trinajstić information content (AvgIpc) is 3.02. The van der Waals surface area contributed by atoms with E-state index in [1.165, 1.54) is 55.9 Å². The predicted octanol–water partition coefficient (Wildman–Crippen LogP) is 4.52. The summed E-state index contributed by atoms with van der Waals surface area (Å²) in [6, 6.07) is 0. The summed E-state index contributed by atoms with van der Waals surface area (Å²) < 4.78 is 0. The minimum atomic E-state index is 0.779. The van der Waals surface area contributed by atoms with Gasteiger partial charge in [0.2, 0.25) is 5.95 Å². The Balaban J connectivity index is 1.53. The Kier molecular flexibility index (Phi) is 6.13. The van der Waals surface area contributed by atoms with E-state index in [-0.39, 0.29) is 0 Å². The van der Waals surface area contributed by atoms with Crippen molar-refractivity contribution in [3.8, 4) is 0 Å². The summed E-state index contributed by atoms with van der Waals surface area (Å²) in [7, 11) is 2.19. The first-order valence-corrected chi connectivity index (χ1v) is 11.5. The molecule has 3 heterocycles. The summed E-state index contributed by atoms with van der Waals surface area (Å²) in [5.74, 6) is 2.73. The van der Waals surface area contributed by atoms with Crippen LogP contribution in [0.15, 0.2) is 5.38 Å². The molecule has 2 fully saturated rings. The second kappa shape index (κ2) is 8.74. The third-order valence-corrected chi connectivity index (χ3v) is 7.16. The van der Waals surface area contributed by atoms with Gasteiger partial charge in [-0.3, -0.25) is 0 Å². The molecular formula is C21H33N5S. The number of thiophene rings is 1. The fourth-order valence-electron chi connectivity index (χ4n) is 4.33. The van der Waals surface area contributed by atoms with Crippen LogP contribution >= 0.6 is 11.3 Å². The first-order chi connectivity index (χ1) is 13.2. The van der Waals surface area contributed by atoms with Gasteiger partial charge in [0.1, 0.15) is 10.6 Å². The van der Waals surface area contributed by atoms with Crippen molar-refractivity contribution in [2.45, 2.75) is 51.9 Å². The summed E-state index contributed by atoms with van der Waals surface area (Å²) >= 11 is 1.75. The minimum absolute atomic E-state index is 0.779. The molecule has 2 aromatic heterocycles. The standard InChI is InChI=1S/C21H33N5S/c1-16-15-27-20-18(16)19(22-14-17-8-6-4-3-5-7-9-17)23-21(24-20)26-12-10-25(2)11-13-26/h15,17H,3-14H2,1-2H3,(H,22,23,24). The van der Waals surface area contributed by atoms with E-state index in [4.69, 9.17) is 9.97 Å². The predicted molar refractivity (Wildman–Crippen MR) is 116 cm³/mol. The van der Waals surface area contributed by atoms with Crippen LogP contribution in [0.5, 0.6) is 0 Å². The molecule has 6 heteroatoms. The van der Waals surface area contributed by atoms with Gasteiger partial charge in [-0.25, -0.2) is 4.98 Å². The zero-order valence-corrected chi connectivity index (χ0v) is 17.7. The maximum atomic E-state index is 5.00. The average molecular weight is 388 g/mol. The molecule has 0 spiro atoms. The fourth-order valence-corrected chi connectivity index (χ4v) is 5.25. The molecule has 4 rings (SSSR count). The fraction of sp³-hybridized carbons (Fsp3) is 0.714. The zero-order valence-electron chi connectivity index (χ0n) is 16.8. The first-order valence-electron chi connectivity index (χ1n) is 10.6. The number of hydrogen-bond donors (Lipinski definition) is 1. The maximum absolute atomic E-state index is 5.00. The molecule has 5 nitrogen and oxygen atoms in total. The minimum Gasteiger partial charge on any atom is -0.369 e. The lowest BCUT2D eigenvalue weighted by molar-refractivity contribution is 0.311. The van der Waals surface area contributed by atoms with E-state index in [2.05, 4.69) is 34.5 Å². The van der Waals surface area contributed by atoms with Crippen molar-refractivity contribution >= 4 is 33.3 Å².